The maximum Gasteiger partial charge on any atom is 0.122 e. The normalized spacial score (nSPS) is 23.3. The summed E-state index contributed by atoms with van der Waals surface area (Å²) in [6, 6.07) is 4.47. The minimum atomic E-state index is 0.538. The molecule has 1 aliphatic carbocycles. The van der Waals surface area contributed by atoms with Crippen molar-refractivity contribution in [2.45, 2.75) is 38.8 Å². The Morgan fingerprint density at radius 1 is 1.44 bits per heavy atom. The van der Waals surface area contributed by atoms with E-state index in [1.54, 1.807) is 7.11 Å². The quantitative estimate of drug-likeness (QED) is 0.834. The fourth-order valence-electron chi connectivity index (χ4n) is 2.64. The van der Waals surface area contributed by atoms with E-state index in [1.807, 2.05) is 19.1 Å². The average molecular weight is 269 g/mol. The highest BCUT2D eigenvalue weighted by atomic mass is 35.5. The van der Waals surface area contributed by atoms with E-state index >= 15 is 0 Å². The average Bonchev–Trinajstić information content (AvgIpc) is 2.83. The van der Waals surface area contributed by atoms with Crippen LogP contribution in [-0.4, -0.2) is 24.0 Å². The van der Waals surface area contributed by atoms with Crippen molar-refractivity contribution in [3.63, 3.8) is 0 Å². The number of aromatic nitrogens is 1. The molecule has 18 heavy (non-hydrogen) atoms. The van der Waals surface area contributed by atoms with Crippen LogP contribution in [0.5, 0.6) is 5.75 Å². The zero-order valence-corrected chi connectivity index (χ0v) is 11.8. The van der Waals surface area contributed by atoms with E-state index in [2.05, 4.69) is 10.3 Å². The summed E-state index contributed by atoms with van der Waals surface area (Å²) in [5.74, 6) is 2.24. The summed E-state index contributed by atoms with van der Waals surface area (Å²) in [6.07, 6.45) is 3.74. The molecule has 0 spiro atoms. The van der Waals surface area contributed by atoms with Gasteiger partial charge in [-0.1, -0.05) is 6.42 Å². The SMILES string of the molecule is COc1cc(C)nc(CNC2CCCC2CCl)c1. The first-order valence-corrected chi connectivity index (χ1v) is 7.07. The summed E-state index contributed by atoms with van der Waals surface area (Å²) in [4.78, 5) is 4.52. The van der Waals surface area contributed by atoms with Crippen LogP contribution in [0.25, 0.3) is 0 Å². The molecular formula is C14H21ClN2O. The van der Waals surface area contributed by atoms with Crippen molar-refractivity contribution in [3.05, 3.63) is 23.5 Å². The van der Waals surface area contributed by atoms with Gasteiger partial charge in [-0.05, 0) is 25.7 Å². The van der Waals surface area contributed by atoms with Gasteiger partial charge >= 0.3 is 0 Å². The number of hydrogen-bond acceptors (Lipinski definition) is 3. The third kappa shape index (κ3) is 3.36. The van der Waals surface area contributed by atoms with Crippen molar-refractivity contribution < 1.29 is 4.74 Å². The van der Waals surface area contributed by atoms with Gasteiger partial charge in [-0.3, -0.25) is 4.98 Å². The molecule has 0 bridgehead atoms. The van der Waals surface area contributed by atoms with Crippen LogP contribution in [0.4, 0.5) is 0 Å². The van der Waals surface area contributed by atoms with Crippen LogP contribution in [0.3, 0.4) is 0 Å². The van der Waals surface area contributed by atoms with E-state index in [1.165, 1.54) is 19.3 Å². The molecule has 1 saturated carbocycles. The molecule has 0 amide bonds. The predicted molar refractivity (Wildman–Crippen MR) is 74.2 cm³/mol. The Kier molecular flexibility index (Phi) is 4.84. The summed E-state index contributed by atoms with van der Waals surface area (Å²) in [7, 11) is 1.69. The lowest BCUT2D eigenvalue weighted by Gasteiger charge is -2.18. The van der Waals surface area contributed by atoms with Gasteiger partial charge in [0.05, 0.1) is 12.8 Å². The van der Waals surface area contributed by atoms with Crippen LogP contribution in [-0.2, 0) is 6.54 Å². The smallest absolute Gasteiger partial charge is 0.122 e. The van der Waals surface area contributed by atoms with E-state index in [0.29, 0.717) is 12.0 Å². The number of pyridine rings is 1. The summed E-state index contributed by atoms with van der Waals surface area (Å²) in [6.45, 7) is 2.78. The highest BCUT2D eigenvalue weighted by molar-refractivity contribution is 6.18. The van der Waals surface area contributed by atoms with Gasteiger partial charge in [-0.2, -0.15) is 0 Å². The molecule has 2 rings (SSSR count). The Hall–Kier alpha value is -0.800. The monoisotopic (exact) mass is 268 g/mol. The van der Waals surface area contributed by atoms with Crippen molar-refractivity contribution in [3.8, 4) is 5.75 Å². The lowest BCUT2D eigenvalue weighted by molar-refractivity contribution is 0.409. The van der Waals surface area contributed by atoms with E-state index in [-0.39, 0.29) is 0 Å². The molecule has 0 aliphatic heterocycles. The van der Waals surface area contributed by atoms with Crippen molar-refractivity contribution in [2.75, 3.05) is 13.0 Å². The van der Waals surface area contributed by atoms with E-state index in [0.717, 1.165) is 29.6 Å². The van der Waals surface area contributed by atoms with Crippen LogP contribution in [0.15, 0.2) is 12.1 Å². The Morgan fingerprint density at radius 3 is 3.00 bits per heavy atom. The van der Waals surface area contributed by atoms with Gasteiger partial charge in [0.1, 0.15) is 5.75 Å². The summed E-state index contributed by atoms with van der Waals surface area (Å²) < 4.78 is 5.26. The topological polar surface area (TPSA) is 34.1 Å². The third-order valence-corrected chi connectivity index (χ3v) is 4.01. The Balaban J connectivity index is 1.95. The van der Waals surface area contributed by atoms with Gasteiger partial charge in [0.15, 0.2) is 0 Å². The van der Waals surface area contributed by atoms with E-state index in [9.17, 15) is 0 Å². The molecule has 4 heteroatoms. The van der Waals surface area contributed by atoms with E-state index in [4.69, 9.17) is 16.3 Å². The minimum absolute atomic E-state index is 0.538. The predicted octanol–water partition coefficient (Wildman–Crippen LogP) is 2.90. The molecule has 1 fully saturated rings. The Bertz CT molecular complexity index is 397. The Labute approximate surface area is 114 Å². The first-order valence-electron chi connectivity index (χ1n) is 6.54. The lowest BCUT2D eigenvalue weighted by Crippen LogP contribution is -2.33. The highest BCUT2D eigenvalue weighted by Crippen LogP contribution is 2.26. The van der Waals surface area contributed by atoms with Crippen molar-refractivity contribution >= 4 is 11.6 Å². The molecule has 2 unspecified atom stereocenters. The summed E-state index contributed by atoms with van der Waals surface area (Å²) in [5, 5.41) is 3.57. The molecule has 1 aromatic heterocycles. The number of nitrogens with one attached hydrogen (secondary N) is 1. The molecule has 0 aromatic carbocycles. The number of halogens is 1. The minimum Gasteiger partial charge on any atom is -0.497 e. The third-order valence-electron chi connectivity index (χ3n) is 3.62. The van der Waals surface area contributed by atoms with Crippen molar-refractivity contribution in [2.24, 2.45) is 5.92 Å². The van der Waals surface area contributed by atoms with Crippen LogP contribution < -0.4 is 10.1 Å². The van der Waals surface area contributed by atoms with Gasteiger partial charge in [0.2, 0.25) is 0 Å². The van der Waals surface area contributed by atoms with Gasteiger partial charge in [-0.15, -0.1) is 11.6 Å². The first-order chi connectivity index (χ1) is 8.72. The number of hydrogen-bond donors (Lipinski definition) is 1. The summed E-state index contributed by atoms with van der Waals surface area (Å²) >= 11 is 5.98. The molecule has 1 heterocycles. The zero-order valence-electron chi connectivity index (χ0n) is 11.1. The van der Waals surface area contributed by atoms with Crippen molar-refractivity contribution in [1.29, 1.82) is 0 Å². The molecule has 3 nitrogen and oxygen atoms in total. The van der Waals surface area contributed by atoms with Gasteiger partial charge < -0.3 is 10.1 Å². The molecule has 0 radical (unpaired) electrons. The molecule has 1 aromatic rings. The van der Waals surface area contributed by atoms with Gasteiger partial charge in [-0.25, -0.2) is 0 Å². The second kappa shape index (κ2) is 6.39. The van der Waals surface area contributed by atoms with E-state index < -0.39 is 0 Å². The number of rotatable bonds is 5. The maximum absolute atomic E-state index is 5.98. The lowest BCUT2D eigenvalue weighted by atomic mass is 10.1. The number of methoxy groups -OCH3 is 1. The number of alkyl halides is 1. The standard InChI is InChI=1S/C14H21ClN2O/c1-10-6-13(18-2)7-12(17-10)9-16-14-5-3-4-11(14)8-15/h6-7,11,14,16H,3-5,8-9H2,1-2H3. The summed E-state index contributed by atoms with van der Waals surface area (Å²) in [5.41, 5.74) is 2.03. The zero-order chi connectivity index (χ0) is 13.0. The molecule has 1 aliphatic rings. The number of nitrogens with zero attached hydrogens (tertiary/aromatic N) is 1. The van der Waals surface area contributed by atoms with Crippen LogP contribution in [0, 0.1) is 12.8 Å². The first kappa shape index (κ1) is 13.6. The highest BCUT2D eigenvalue weighted by Gasteiger charge is 2.25. The second-order valence-electron chi connectivity index (χ2n) is 4.97. The number of ether oxygens (including phenoxy) is 1. The second-order valence-corrected chi connectivity index (χ2v) is 5.28. The fourth-order valence-corrected chi connectivity index (χ4v) is 3.01. The fraction of sp³-hybridized carbons (Fsp3) is 0.643. The molecule has 2 atom stereocenters. The largest absolute Gasteiger partial charge is 0.497 e. The maximum atomic E-state index is 5.98. The van der Waals surface area contributed by atoms with Gasteiger partial charge in [0, 0.05) is 36.3 Å². The van der Waals surface area contributed by atoms with Crippen molar-refractivity contribution in [1.82, 2.24) is 10.3 Å². The van der Waals surface area contributed by atoms with Crippen LogP contribution in [0.2, 0.25) is 0 Å². The molecule has 0 saturated heterocycles. The molecular weight excluding hydrogens is 248 g/mol. The van der Waals surface area contributed by atoms with Crippen LogP contribution >= 0.6 is 11.6 Å². The number of aryl methyl sites for hydroxylation is 1. The van der Waals surface area contributed by atoms with Gasteiger partial charge in [0.25, 0.3) is 0 Å². The Morgan fingerprint density at radius 2 is 2.28 bits per heavy atom. The molecule has 100 valence electrons. The molecule has 1 N–H and O–H groups in total. The van der Waals surface area contributed by atoms with Crippen LogP contribution in [0.1, 0.15) is 30.7 Å².